The second-order valence-electron chi connectivity index (χ2n) is 6.89. The van der Waals surface area contributed by atoms with E-state index in [2.05, 4.69) is 20.5 Å². The molecule has 6 heteroatoms. The molecular formula is C18H28N4O2. The Morgan fingerprint density at radius 2 is 1.96 bits per heavy atom. The Morgan fingerprint density at radius 1 is 1.21 bits per heavy atom. The number of aliphatic hydroxyl groups excluding tert-OH is 1. The SMILES string of the molecule is O=C(NCc1ccc(N2CCCCCC2)nc1)NCC(O)C1CC1. The fourth-order valence-corrected chi connectivity index (χ4v) is 3.10. The van der Waals surface area contributed by atoms with Crippen molar-refractivity contribution >= 4 is 11.8 Å². The highest BCUT2D eigenvalue weighted by atomic mass is 16.3. The van der Waals surface area contributed by atoms with Gasteiger partial charge in [-0.2, -0.15) is 0 Å². The predicted molar refractivity (Wildman–Crippen MR) is 93.9 cm³/mol. The van der Waals surface area contributed by atoms with Crippen molar-refractivity contribution < 1.29 is 9.90 Å². The highest BCUT2D eigenvalue weighted by Crippen LogP contribution is 2.32. The van der Waals surface area contributed by atoms with E-state index in [-0.39, 0.29) is 6.03 Å². The van der Waals surface area contributed by atoms with Crippen LogP contribution in [0.5, 0.6) is 0 Å². The van der Waals surface area contributed by atoms with Crippen molar-refractivity contribution in [2.24, 2.45) is 5.92 Å². The Morgan fingerprint density at radius 3 is 2.58 bits per heavy atom. The molecule has 2 aliphatic rings. The minimum atomic E-state index is -0.412. The van der Waals surface area contributed by atoms with Crippen LogP contribution in [0.1, 0.15) is 44.1 Å². The lowest BCUT2D eigenvalue weighted by molar-refractivity contribution is 0.149. The van der Waals surface area contributed by atoms with E-state index in [9.17, 15) is 9.90 Å². The Hall–Kier alpha value is -1.82. The van der Waals surface area contributed by atoms with Crippen LogP contribution in [0.3, 0.4) is 0 Å². The van der Waals surface area contributed by atoms with E-state index in [1.807, 2.05) is 18.3 Å². The number of carbonyl (C=O) groups is 1. The summed E-state index contributed by atoms with van der Waals surface area (Å²) in [6, 6.07) is 3.81. The van der Waals surface area contributed by atoms with Crippen LogP contribution >= 0.6 is 0 Å². The number of amides is 2. The zero-order valence-electron chi connectivity index (χ0n) is 14.2. The van der Waals surface area contributed by atoms with E-state index in [0.717, 1.165) is 37.3 Å². The first-order valence-corrected chi connectivity index (χ1v) is 9.12. The van der Waals surface area contributed by atoms with Gasteiger partial charge in [-0.3, -0.25) is 0 Å². The summed E-state index contributed by atoms with van der Waals surface area (Å²) in [4.78, 5) is 18.6. The summed E-state index contributed by atoms with van der Waals surface area (Å²) in [5.74, 6) is 1.40. The number of urea groups is 1. The number of carbonyl (C=O) groups excluding carboxylic acids is 1. The average molecular weight is 332 g/mol. The minimum Gasteiger partial charge on any atom is -0.391 e. The van der Waals surface area contributed by atoms with E-state index in [0.29, 0.717) is 19.0 Å². The molecule has 1 saturated carbocycles. The number of hydrogen-bond donors (Lipinski definition) is 3. The molecule has 1 aliphatic carbocycles. The number of aliphatic hydroxyl groups is 1. The molecule has 2 fully saturated rings. The Balaban J connectivity index is 1.41. The molecule has 1 atom stereocenters. The van der Waals surface area contributed by atoms with Gasteiger partial charge < -0.3 is 20.6 Å². The van der Waals surface area contributed by atoms with Gasteiger partial charge in [0, 0.05) is 32.4 Å². The molecule has 6 nitrogen and oxygen atoms in total. The summed E-state index contributed by atoms with van der Waals surface area (Å²) in [5.41, 5.74) is 0.978. The molecular weight excluding hydrogens is 304 g/mol. The summed E-state index contributed by atoms with van der Waals surface area (Å²) in [6.07, 6.45) is 8.64. The quantitative estimate of drug-likeness (QED) is 0.745. The molecule has 1 aliphatic heterocycles. The lowest BCUT2D eigenvalue weighted by atomic mass is 10.2. The van der Waals surface area contributed by atoms with E-state index < -0.39 is 6.10 Å². The van der Waals surface area contributed by atoms with E-state index in [1.54, 1.807) is 0 Å². The van der Waals surface area contributed by atoms with Gasteiger partial charge in [-0.25, -0.2) is 9.78 Å². The largest absolute Gasteiger partial charge is 0.391 e. The topological polar surface area (TPSA) is 77.5 Å². The maximum Gasteiger partial charge on any atom is 0.315 e. The number of pyridine rings is 1. The van der Waals surface area contributed by atoms with Crippen LogP contribution in [-0.2, 0) is 6.54 Å². The summed E-state index contributed by atoms with van der Waals surface area (Å²) in [5, 5.41) is 15.3. The molecule has 2 amide bonds. The molecule has 1 saturated heterocycles. The minimum absolute atomic E-state index is 0.244. The maximum absolute atomic E-state index is 11.8. The predicted octanol–water partition coefficient (Wildman–Crippen LogP) is 2.03. The van der Waals surface area contributed by atoms with Crippen molar-refractivity contribution in [3.8, 4) is 0 Å². The summed E-state index contributed by atoms with van der Waals surface area (Å²) in [6.45, 7) is 2.92. The molecule has 132 valence electrons. The van der Waals surface area contributed by atoms with Gasteiger partial charge in [-0.05, 0) is 43.2 Å². The van der Waals surface area contributed by atoms with Crippen LogP contribution in [0.2, 0.25) is 0 Å². The molecule has 3 N–H and O–H groups in total. The lowest BCUT2D eigenvalue weighted by Gasteiger charge is -2.21. The van der Waals surface area contributed by atoms with Crippen LogP contribution in [-0.4, -0.2) is 41.9 Å². The molecule has 24 heavy (non-hydrogen) atoms. The van der Waals surface area contributed by atoms with Gasteiger partial charge in [0.15, 0.2) is 0 Å². The second-order valence-corrected chi connectivity index (χ2v) is 6.89. The lowest BCUT2D eigenvalue weighted by Crippen LogP contribution is -2.40. The van der Waals surface area contributed by atoms with Gasteiger partial charge in [-0.1, -0.05) is 18.9 Å². The highest BCUT2D eigenvalue weighted by molar-refractivity contribution is 5.73. The first kappa shape index (κ1) is 17.0. The number of aromatic nitrogens is 1. The smallest absolute Gasteiger partial charge is 0.315 e. The molecule has 1 unspecified atom stereocenters. The van der Waals surface area contributed by atoms with Crippen molar-refractivity contribution in [1.29, 1.82) is 0 Å². The molecule has 0 aromatic carbocycles. The normalized spacial score (nSPS) is 19.5. The van der Waals surface area contributed by atoms with Crippen LogP contribution in [0.15, 0.2) is 18.3 Å². The van der Waals surface area contributed by atoms with Gasteiger partial charge in [-0.15, -0.1) is 0 Å². The third-order valence-corrected chi connectivity index (χ3v) is 4.83. The second kappa shape index (κ2) is 8.33. The molecule has 0 spiro atoms. The van der Waals surface area contributed by atoms with Gasteiger partial charge in [0.25, 0.3) is 0 Å². The summed E-state index contributed by atoms with van der Waals surface area (Å²) in [7, 11) is 0. The number of anilines is 1. The first-order chi connectivity index (χ1) is 11.7. The zero-order chi connectivity index (χ0) is 16.8. The van der Waals surface area contributed by atoms with Gasteiger partial charge in [0.1, 0.15) is 5.82 Å². The van der Waals surface area contributed by atoms with Crippen LogP contribution in [0.4, 0.5) is 10.6 Å². The molecule has 1 aromatic heterocycles. The fourth-order valence-electron chi connectivity index (χ4n) is 3.10. The van der Waals surface area contributed by atoms with Crippen molar-refractivity contribution in [1.82, 2.24) is 15.6 Å². The molecule has 3 rings (SSSR count). The van der Waals surface area contributed by atoms with E-state index >= 15 is 0 Å². The van der Waals surface area contributed by atoms with Gasteiger partial charge in [0.2, 0.25) is 0 Å². The monoisotopic (exact) mass is 332 g/mol. The average Bonchev–Trinajstić information content (AvgIpc) is 3.45. The summed E-state index contributed by atoms with van der Waals surface area (Å²) < 4.78 is 0. The third-order valence-electron chi connectivity index (χ3n) is 4.83. The number of hydrogen-bond acceptors (Lipinski definition) is 4. The molecule has 2 heterocycles. The summed E-state index contributed by atoms with van der Waals surface area (Å²) >= 11 is 0. The standard InChI is InChI=1S/C18H28N4O2/c23-16(15-6-7-15)13-21-18(24)20-12-14-5-8-17(19-11-14)22-9-3-1-2-4-10-22/h5,8,11,15-16,23H,1-4,6-7,9-10,12-13H2,(H2,20,21,24). The van der Waals surface area contributed by atoms with E-state index in [1.165, 1.54) is 25.7 Å². The van der Waals surface area contributed by atoms with Crippen molar-refractivity contribution in [3.63, 3.8) is 0 Å². The van der Waals surface area contributed by atoms with Crippen LogP contribution in [0.25, 0.3) is 0 Å². The molecule has 0 bridgehead atoms. The Bertz CT molecular complexity index is 522. The Labute approximate surface area is 143 Å². The van der Waals surface area contributed by atoms with Crippen molar-refractivity contribution in [2.75, 3.05) is 24.5 Å². The first-order valence-electron chi connectivity index (χ1n) is 9.12. The molecule has 0 radical (unpaired) electrons. The van der Waals surface area contributed by atoms with Gasteiger partial charge >= 0.3 is 6.03 Å². The van der Waals surface area contributed by atoms with Crippen LogP contribution < -0.4 is 15.5 Å². The van der Waals surface area contributed by atoms with E-state index in [4.69, 9.17) is 0 Å². The zero-order valence-corrected chi connectivity index (χ0v) is 14.2. The van der Waals surface area contributed by atoms with Gasteiger partial charge in [0.05, 0.1) is 6.10 Å². The van der Waals surface area contributed by atoms with Crippen molar-refractivity contribution in [2.45, 2.75) is 51.2 Å². The number of nitrogens with one attached hydrogen (secondary N) is 2. The third kappa shape index (κ3) is 5.09. The van der Waals surface area contributed by atoms with Crippen molar-refractivity contribution in [3.05, 3.63) is 23.9 Å². The van der Waals surface area contributed by atoms with Crippen LogP contribution in [0, 0.1) is 5.92 Å². The number of rotatable bonds is 6. The highest BCUT2D eigenvalue weighted by Gasteiger charge is 2.29. The fraction of sp³-hybridized carbons (Fsp3) is 0.667. The Kier molecular flexibility index (Phi) is 5.91. The maximum atomic E-state index is 11.8. The number of nitrogens with zero attached hydrogens (tertiary/aromatic N) is 2. The molecule has 1 aromatic rings.